The SMILES string of the molecule is Cc1cc2cc(C(c3nnnn3CCc3ccccc3)N3CCCCCC3)c(=O)[nH]c2cc1C. The van der Waals surface area contributed by atoms with Gasteiger partial charge in [0.25, 0.3) is 5.56 Å². The number of hydrogen-bond donors (Lipinski definition) is 1. The molecule has 1 saturated heterocycles. The number of H-pyrrole nitrogens is 1. The summed E-state index contributed by atoms with van der Waals surface area (Å²) in [4.78, 5) is 19.0. The highest BCUT2D eigenvalue weighted by atomic mass is 16.1. The molecule has 1 unspecified atom stereocenters. The molecule has 1 aliphatic rings. The second-order valence-corrected chi connectivity index (χ2v) is 9.43. The number of aromatic nitrogens is 5. The van der Waals surface area contributed by atoms with E-state index in [0.29, 0.717) is 12.1 Å². The molecule has 176 valence electrons. The molecule has 3 heterocycles. The average molecular weight is 457 g/mol. The summed E-state index contributed by atoms with van der Waals surface area (Å²) in [5, 5.41) is 13.9. The molecule has 1 N–H and O–H groups in total. The Morgan fingerprint density at radius 1 is 0.971 bits per heavy atom. The minimum absolute atomic E-state index is 0.0670. The van der Waals surface area contributed by atoms with Crippen LogP contribution in [0.3, 0.4) is 0 Å². The molecule has 1 fully saturated rings. The van der Waals surface area contributed by atoms with Crippen LogP contribution in [0.15, 0.2) is 53.3 Å². The van der Waals surface area contributed by atoms with E-state index in [-0.39, 0.29) is 11.6 Å². The third kappa shape index (κ3) is 4.66. The van der Waals surface area contributed by atoms with E-state index in [0.717, 1.165) is 49.1 Å². The first-order valence-corrected chi connectivity index (χ1v) is 12.3. The topological polar surface area (TPSA) is 79.7 Å². The van der Waals surface area contributed by atoms with Gasteiger partial charge in [-0.3, -0.25) is 9.69 Å². The summed E-state index contributed by atoms with van der Waals surface area (Å²) < 4.78 is 1.88. The number of aromatic amines is 1. The first-order chi connectivity index (χ1) is 16.6. The minimum atomic E-state index is -0.279. The Labute approximate surface area is 199 Å². The highest BCUT2D eigenvalue weighted by molar-refractivity contribution is 5.81. The number of hydrogen-bond acceptors (Lipinski definition) is 5. The molecule has 0 saturated carbocycles. The van der Waals surface area contributed by atoms with Crippen LogP contribution < -0.4 is 5.56 Å². The van der Waals surface area contributed by atoms with E-state index in [9.17, 15) is 4.79 Å². The van der Waals surface area contributed by atoms with Crippen LogP contribution in [-0.2, 0) is 13.0 Å². The van der Waals surface area contributed by atoms with E-state index >= 15 is 0 Å². The molecule has 0 amide bonds. The van der Waals surface area contributed by atoms with E-state index in [1.807, 2.05) is 28.9 Å². The molecular weight excluding hydrogens is 424 g/mol. The molecule has 1 atom stereocenters. The lowest BCUT2D eigenvalue weighted by atomic mass is 10.0. The van der Waals surface area contributed by atoms with Crippen molar-refractivity contribution in [3.63, 3.8) is 0 Å². The van der Waals surface area contributed by atoms with E-state index < -0.39 is 0 Å². The molecule has 2 aromatic heterocycles. The summed E-state index contributed by atoms with van der Waals surface area (Å²) in [5.74, 6) is 0.742. The van der Waals surface area contributed by atoms with Crippen LogP contribution in [0.5, 0.6) is 0 Å². The van der Waals surface area contributed by atoms with E-state index in [1.54, 1.807) is 0 Å². The highest BCUT2D eigenvalue weighted by Crippen LogP contribution is 2.29. The summed E-state index contributed by atoms with van der Waals surface area (Å²) in [5.41, 5.74) is 5.14. The van der Waals surface area contributed by atoms with Crippen molar-refractivity contribution in [2.24, 2.45) is 0 Å². The second-order valence-electron chi connectivity index (χ2n) is 9.43. The van der Waals surface area contributed by atoms with Crippen molar-refractivity contribution < 1.29 is 0 Å². The van der Waals surface area contributed by atoms with Crippen LogP contribution in [0, 0.1) is 13.8 Å². The molecule has 0 bridgehead atoms. The lowest BCUT2D eigenvalue weighted by Gasteiger charge is -2.29. The van der Waals surface area contributed by atoms with Crippen molar-refractivity contribution in [3.8, 4) is 0 Å². The maximum atomic E-state index is 13.4. The van der Waals surface area contributed by atoms with Gasteiger partial charge in [0.05, 0.1) is 0 Å². The number of nitrogens with zero attached hydrogens (tertiary/aromatic N) is 5. The van der Waals surface area contributed by atoms with E-state index in [2.05, 4.69) is 63.5 Å². The molecule has 5 rings (SSSR count). The molecule has 0 aliphatic carbocycles. The number of nitrogens with one attached hydrogen (secondary N) is 1. The van der Waals surface area contributed by atoms with Gasteiger partial charge in [0.2, 0.25) is 0 Å². The molecular formula is C27H32N6O. The molecule has 7 heteroatoms. The van der Waals surface area contributed by atoms with Crippen LogP contribution >= 0.6 is 0 Å². The molecule has 1 aliphatic heterocycles. The summed E-state index contributed by atoms with van der Waals surface area (Å²) >= 11 is 0. The smallest absolute Gasteiger partial charge is 0.253 e. The van der Waals surface area contributed by atoms with Crippen molar-refractivity contribution >= 4 is 10.9 Å². The van der Waals surface area contributed by atoms with Gasteiger partial charge in [-0.25, -0.2) is 4.68 Å². The molecule has 34 heavy (non-hydrogen) atoms. The largest absolute Gasteiger partial charge is 0.322 e. The van der Waals surface area contributed by atoms with Gasteiger partial charge in [0, 0.05) is 17.6 Å². The molecule has 0 radical (unpaired) electrons. The van der Waals surface area contributed by atoms with Gasteiger partial charge >= 0.3 is 0 Å². The number of aryl methyl sites for hydroxylation is 4. The fraction of sp³-hybridized carbons (Fsp3) is 0.407. The Morgan fingerprint density at radius 2 is 1.71 bits per heavy atom. The molecule has 4 aromatic rings. The van der Waals surface area contributed by atoms with Gasteiger partial charge in [-0.15, -0.1) is 5.10 Å². The number of benzene rings is 2. The monoisotopic (exact) mass is 456 g/mol. The Hall–Kier alpha value is -3.32. The van der Waals surface area contributed by atoms with Crippen molar-refractivity contribution in [3.05, 3.63) is 87.0 Å². The zero-order valence-corrected chi connectivity index (χ0v) is 20.0. The lowest BCUT2D eigenvalue weighted by molar-refractivity contribution is 0.220. The predicted molar refractivity (Wildman–Crippen MR) is 134 cm³/mol. The van der Waals surface area contributed by atoms with Gasteiger partial charge in [0.1, 0.15) is 6.04 Å². The van der Waals surface area contributed by atoms with Crippen molar-refractivity contribution in [1.29, 1.82) is 0 Å². The molecule has 7 nitrogen and oxygen atoms in total. The number of fused-ring (bicyclic) bond motifs is 1. The number of likely N-dealkylation sites (tertiary alicyclic amines) is 1. The first-order valence-electron chi connectivity index (χ1n) is 12.3. The van der Waals surface area contributed by atoms with Gasteiger partial charge < -0.3 is 4.98 Å². The van der Waals surface area contributed by atoms with Crippen LogP contribution in [0.2, 0.25) is 0 Å². The Balaban J connectivity index is 1.57. The summed E-state index contributed by atoms with van der Waals surface area (Å²) in [6.45, 7) is 6.71. The fourth-order valence-corrected chi connectivity index (χ4v) is 5.00. The predicted octanol–water partition coefficient (Wildman–Crippen LogP) is 4.34. The normalized spacial score (nSPS) is 15.9. The van der Waals surface area contributed by atoms with Gasteiger partial charge in [0.15, 0.2) is 5.82 Å². The standard InChI is InChI=1S/C27H32N6O/c1-19-16-22-18-23(27(34)28-24(22)17-20(19)2)25(32-13-8-3-4-9-14-32)26-29-30-31-33(26)15-12-21-10-6-5-7-11-21/h5-7,10-11,16-18,25H,3-4,8-9,12-15H2,1-2H3,(H,28,34). The van der Waals surface area contributed by atoms with Crippen LogP contribution in [0.4, 0.5) is 0 Å². The zero-order chi connectivity index (χ0) is 23.5. The number of rotatable bonds is 6. The molecule has 0 spiro atoms. The maximum absolute atomic E-state index is 13.4. The zero-order valence-electron chi connectivity index (χ0n) is 20.0. The summed E-state index contributed by atoms with van der Waals surface area (Å²) in [6.07, 6.45) is 5.50. The Morgan fingerprint density at radius 3 is 2.47 bits per heavy atom. The average Bonchev–Trinajstić information content (AvgIpc) is 3.13. The van der Waals surface area contributed by atoms with Crippen LogP contribution in [0.25, 0.3) is 10.9 Å². The van der Waals surface area contributed by atoms with Crippen LogP contribution in [-0.4, -0.2) is 43.2 Å². The Kier molecular flexibility index (Phi) is 6.54. The van der Waals surface area contributed by atoms with Crippen LogP contribution in [0.1, 0.15) is 59.8 Å². The van der Waals surface area contributed by atoms with Gasteiger partial charge in [-0.1, -0.05) is 43.2 Å². The van der Waals surface area contributed by atoms with E-state index in [1.165, 1.54) is 29.5 Å². The second kappa shape index (κ2) is 9.89. The van der Waals surface area contributed by atoms with Crippen molar-refractivity contribution in [1.82, 2.24) is 30.1 Å². The van der Waals surface area contributed by atoms with E-state index in [4.69, 9.17) is 0 Å². The fourth-order valence-electron chi connectivity index (χ4n) is 5.00. The number of tetrazole rings is 1. The highest BCUT2D eigenvalue weighted by Gasteiger charge is 2.30. The Bertz CT molecular complexity index is 1320. The molecule has 2 aromatic carbocycles. The third-order valence-corrected chi connectivity index (χ3v) is 7.05. The summed E-state index contributed by atoms with van der Waals surface area (Å²) in [6, 6.07) is 16.3. The first kappa shape index (κ1) is 22.5. The van der Waals surface area contributed by atoms with Crippen molar-refractivity contribution in [2.75, 3.05) is 13.1 Å². The lowest BCUT2D eigenvalue weighted by Crippen LogP contribution is -2.36. The van der Waals surface area contributed by atoms with Gasteiger partial charge in [-0.05, 0) is 96.9 Å². The third-order valence-electron chi connectivity index (χ3n) is 7.05. The van der Waals surface area contributed by atoms with Crippen molar-refractivity contribution in [2.45, 2.75) is 58.5 Å². The quantitative estimate of drug-likeness (QED) is 0.467. The maximum Gasteiger partial charge on any atom is 0.253 e. The minimum Gasteiger partial charge on any atom is -0.322 e. The number of pyridine rings is 1. The van der Waals surface area contributed by atoms with Gasteiger partial charge in [-0.2, -0.15) is 0 Å². The summed E-state index contributed by atoms with van der Waals surface area (Å²) in [7, 11) is 0.